The Morgan fingerprint density at radius 2 is 1.37 bits per heavy atom. The molecule has 0 saturated carbocycles. The molecule has 2 aromatic carbocycles. The van der Waals surface area contributed by atoms with Gasteiger partial charge < -0.3 is 30.3 Å². The smallest absolute Gasteiger partial charge is 0.407 e. The second kappa shape index (κ2) is 19.0. The third kappa shape index (κ3) is 13.0. The fourth-order valence-corrected chi connectivity index (χ4v) is 4.05. The number of hydrogen-bond acceptors (Lipinski definition) is 9. The number of hydrazine groups is 1. The van der Waals surface area contributed by atoms with E-state index in [9.17, 15) is 33.6 Å². The number of methoxy groups -OCH3 is 1. The molecule has 0 radical (unpaired) electrons. The first-order valence-electron chi connectivity index (χ1n) is 14.4. The zero-order valence-corrected chi connectivity index (χ0v) is 26.2. The highest BCUT2D eigenvalue weighted by molar-refractivity contribution is 5.93. The fraction of sp³-hybridized carbons (Fsp3) is 0.387. The minimum Gasteiger partial charge on any atom is -0.468 e. The van der Waals surface area contributed by atoms with E-state index in [1.807, 2.05) is 6.07 Å². The van der Waals surface area contributed by atoms with E-state index in [4.69, 9.17) is 4.74 Å². The van der Waals surface area contributed by atoms with Crippen molar-refractivity contribution in [3.63, 3.8) is 0 Å². The predicted molar refractivity (Wildman–Crippen MR) is 164 cm³/mol. The number of rotatable bonds is 15. The molecule has 0 heterocycles. The summed E-state index contributed by atoms with van der Waals surface area (Å²) in [7, 11) is 1.17. The number of esters is 1. The first-order valence-corrected chi connectivity index (χ1v) is 14.4. The van der Waals surface area contributed by atoms with Crippen LogP contribution < -0.4 is 21.4 Å². The summed E-state index contributed by atoms with van der Waals surface area (Å²) in [5.41, 5.74) is 3.80. The maximum absolute atomic E-state index is 13.3. The van der Waals surface area contributed by atoms with Gasteiger partial charge in [0.15, 0.2) is 0 Å². The Morgan fingerprint density at radius 1 is 0.761 bits per heavy atom. The van der Waals surface area contributed by atoms with E-state index in [1.54, 1.807) is 68.4 Å². The fourth-order valence-electron chi connectivity index (χ4n) is 4.05. The molecule has 15 heteroatoms. The van der Waals surface area contributed by atoms with Crippen molar-refractivity contribution in [2.45, 2.75) is 40.0 Å². The standard InChI is InChI=1S/C31H40N6O9/c1-21(2)29(37(22(3)38)35-25(39)15-34-31(44)46-20-24-13-9-6-10-14-24)30(43)33-16-27(41)36(18-23-11-7-5-8-12-23)19-26(40)32-17-28(42)45-4/h5-14,21,29H,15-20H2,1-4H3,(H,32,40)(H,33,43)(H,34,44)(H,35,39). The zero-order chi connectivity index (χ0) is 34.1. The lowest BCUT2D eigenvalue weighted by Crippen LogP contribution is -2.60. The van der Waals surface area contributed by atoms with Gasteiger partial charge in [-0.15, -0.1) is 0 Å². The number of nitrogens with zero attached hydrogens (tertiary/aromatic N) is 2. The average Bonchev–Trinajstić information content (AvgIpc) is 3.04. The molecular weight excluding hydrogens is 600 g/mol. The van der Waals surface area contributed by atoms with Crippen LogP contribution in [0, 0.1) is 5.92 Å². The second-order valence-electron chi connectivity index (χ2n) is 10.3. The van der Waals surface area contributed by atoms with Gasteiger partial charge in [0.1, 0.15) is 25.7 Å². The molecule has 1 atom stereocenters. The SMILES string of the molecule is COC(=O)CNC(=O)CN(Cc1ccccc1)C(=O)CNC(=O)C(C(C)C)N(NC(=O)CNC(=O)OCc1ccccc1)C(C)=O. The molecule has 4 N–H and O–H groups in total. The van der Waals surface area contributed by atoms with Crippen molar-refractivity contribution in [1.29, 1.82) is 0 Å². The van der Waals surface area contributed by atoms with Gasteiger partial charge in [-0.1, -0.05) is 74.5 Å². The molecule has 2 rings (SSSR count). The van der Waals surface area contributed by atoms with Gasteiger partial charge >= 0.3 is 12.1 Å². The Hall–Kier alpha value is -5.47. The van der Waals surface area contributed by atoms with Crippen molar-refractivity contribution in [3.8, 4) is 0 Å². The summed E-state index contributed by atoms with van der Waals surface area (Å²) < 4.78 is 9.57. The van der Waals surface area contributed by atoms with Crippen LogP contribution >= 0.6 is 0 Å². The summed E-state index contributed by atoms with van der Waals surface area (Å²) in [5, 5.41) is 7.96. The van der Waals surface area contributed by atoms with Crippen molar-refractivity contribution in [2.75, 3.05) is 33.3 Å². The number of benzene rings is 2. The molecule has 0 fully saturated rings. The van der Waals surface area contributed by atoms with E-state index in [0.717, 1.165) is 17.5 Å². The number of carbonyl (C=O) groups excluding carboxylic acids is 7. The summed E-state index contributed by atoms with van der Waals surface area (Å²) in [4.78, 5) is 88.6. The number of hydrogen-bond donors (Lipinski definition) is 4. The lowest BCUT2D eigenvalue weighted by atomic mass is 10.0. The number of amides is 6. The van der Waals surface area contributed by atoms with Crippen molar-refractivity contribution in [1.82, 2.24) is 31.3 Å². The molecule has 0 aliphatic heterocycles. The van der Waals surface area contributed by atoms with Gasteiger partial charge in [-0.3, -0.25) is 34.2 Å². The molecule has 0 aliphatic rings. The molecule has 0 saturated heterocycles. The van der Waals surface area contributed by atoms with Crippen LogP contribution in [0.15, 0.2) is 60.7 Å². The quantitative estimate of drug-likeness (QED) is 0.156. The van der Waals surface area contributed by atoms with Crippen LogP contribution in [0.25, 0.3) is 0 Å². The van der Waals surface area contributed by atoms with Crippen molar-refractivity contribution in [2.24, 2.45) is 5.92 Å². The molecule has 0 spiro atoms. The minimum atomic E-state index is -1.23. The summed E-state index contributed by atoms with van der Waals surface area (Å²) in [6, 6.07) is 16.5. The van der Waals surface area contributed by atoms with Gasteiger partial charge in [0.05, 0.1) is 20.2 Å². The Bertz CT molecular complexity index is 1350. The first kappa shape index (κ1) is 36.7. The summed E-state index contributed by atoms with van der Waals surface area (Å²) in [5.74, 6) is -4.64. The Labute approximate surface area is 266 Å². The largest absolute Gasteiger partial charge is 0.468 e. The highest BCUT2D eigenvalue weighted by Crippen LogP contribution is 2.11. The number of carbonyl (C=O) groups is 7. The van der Waals surface area contributed by atoms with Crippen LogP contribution in [-0.4, -0.2) is 90.8 Å². The van der Waals surface area contributed by atoms with Crippen LogP contribution in [0.4, 0.5) is 4.79 Å². The molecule has 0 aliphatic carbocycles. The van der Waals surface area contributed by atoms with E-state index in [1.165, 1.54) is 12.0 Å². The maximum Gasteiger partial charge on any atom is 0.407 e. The van der Waals surface area contributed by atoms with Crippen LogP contribution in [0.3, 0.4) is 0 Å². The summed E-state index contributed by atoms with van der Waals surface area (Å²) in [6.07, 6.45) is -0.857. The number of alkyl carbamates (subject to hydrolysis) is 1. The molecule has 2 aromatic rings. The Kier molecular flexibility index (Phi) is 15.2. The van der Waals surface area contributed by atoms with Gasteiger partial charge in [-0.05, 0) is 17.0 Å². The van der Waals surface area contributed by atoms with Crippen LogP contribution in [0.2, 0.25) is 0 Å². The van der Waals surface area contributed by atoms with E-state index >= 15 is 0 Å². The van der Waals surface area contributed by atoms with Gasteiger partial charge in [0.2, 0.25) is 23.6 Å². The van der Waals surface area contributed by atoms with Crippen molar-refractivity contribution >= 4 is 41.6 Å². The second-order valence-corrected chi connectivity index (χ2v) is 10.3. The summed E-state index contributed by atoms with van der Waals surface area (Å²) >= 11 is 0. The van der Waals surface area contributed by atoms with Crippen molar-refractivity contribution in [3.05, 3.63) is 71.8 Å². The third-order valence-electron chi connectivity index (χ3n) is 6.34. The van der Waals surface area contributed by atoms with E-state index in [-0.39, 0.29) is 19.7 Å². The first-order chi connectivity index (χ1) is 21.9. The predicted octanol–water partition coefficient (Wildman–Crippen LogP) is 0.251. The lowest BCUT2D eigenvalue weighted by Gasteiger charge is -2.32. The van der Waals surface area contributed by atoms with E-state index in [0.29, 0.717) is 5.56 Å². The molecule has 15 nitrogen and oxygen atoms in total. The maximum atomic E-state index is 13.3. The Balaban J connectivity index is 2.01. The van der Waals surface area contributed by atoms with Gasteiger partial charge in [-0.2, -0.15) is 0 Å². The lowest BCUT2D eigenvalue weighted by molar-refractivity contribution is -0.149. The van der Waals surface area contributed by atoms with Gasteiger partial charge in [-0.25, -0.2) is 9.80 Å². The molecule has 0 bridgehead atoms. The number of nitrogens with one attached hydrogen (secondary N) is 4. The highest BCUT2D eigenvalue weighted by atomic mass is 16.5. The van der Waals surface area contributed by atoms with E-state index in [2.05, 4.69) is 26.1 Å². The van der Waals surface area contributed by atoms with E-state index < -0.39 is 73.2 Å². The van der Waals surface area contributed by atoms with Gasteiger partial charge in [0.25, 0.3) is 5.91 Å². The monoisotopic (exact) mass is 640 g/mol. The molecular formula is C31H40N6O9. The molecule has 46 heavy (non-hydrogen) atoms. The molecule has 0 aromatic heterocycles. The topological polar surface area (TPSA) is 193 Å². The summed E-state index contributed by atoms with van der Waals surface area (Å²) in [6.45, 7) is 2.57. The Morgan fingerprint density at radius 3 is 1.93 bits per heavy atom. The van der Waals surface area contributed by atoms with Crippen LogP contribution in [0.5, 0.6) is 0 Å². The number of ether oxygens (including phenoxy) is 2. The minimum absolute atomic E-state index is 0.0108. The van der Waals surface area contributed by atoms with Gasteiger partial charge in [0, 0.05) is 13.5 Å². The normalized spacial score (nSPS) is 11.0. The average molecular weight is 641 g/mol. The zero-order valence-electron chi connectivity index (χ0n) is 26.2. The van der Waals surface area contributed by atoms with Crippen LogP contribution in [0.1, 0.15) is 31.9 Å². The van der Waals surface area contributed by atoms with Crippen molar-refractivity contribution < 1.29 is 43.0 Å². The molecule has 1 unspecified atom stereocenters. The molecule has 248 valence electrons. The highest BCUT2D eigenvalue weighted by Gasteiger charge is 2.33. The molecule has 6 amide bonds. The van der Waals surface area contributed by atoms with Crippen LogP contribution in [-0.2, 0) is 51.4 Å². The third-order valence-corrected chi connectivity index (χ3v) is 6.34.